The van der Waals surface area contributed by atoms with E-state index in [0.717, 1.165) is 17.0 Å². The Bertz CT molecular complexity index is 1620. The number of hydrogen-bond donors (Lipinski definition) is 1. The average molecular weight is 585 g/mol. The van der Waals surface area contributed by atoms with Gasteiger partial charge in [-0.15, -0.1) is 0 Å². The van der Waals surface area contributed by atoms with Crippen LogP contribution in [0, 0.1) is 17.1 Å². The van der Waals surface area contributed by atoms with Crippen molar-refractivity contribution in [1.82, 2.24) is 15.3 Å². The molecule has 1 aliphatic heterocycles. The molecule has 1 fully saturated rings. The first-order valence-corrected chi connectivity index (χ1v) is 13.2. The summed E-state index contributed by atoms with van der Waals surface area (Å²) in [5, 5.41) is 11.9. The summed E-state index contributed by atoms with van der Waals surface area (Å²) in [5.41, 5.74) is -1.95. The lowest BCUT2D eigenvalue weighted by Crippen LogP contribution is -2.44. The van der Waals surface area contributed by atoms with Crippen molar-refractivity contribution in [3.8, 4) is 11.9 Å². The van der Waals surface area contributed by atoms with Gasteiger partial charge >= 0.3 is 0 Å². The quantitative estimate of drug-likeness (QED) is 0.378. The lowest BCUT2D eigenvalue weighted by atomic mass is 9.98. The third-order valence-corrected chi connectivity index (χ3v) is 7.20. The summed E-state index contributed by atoms with van der Waals surface area (Å²) >= 11 is 5.66. The number of amides is 2. The summed E-state index contributed by atoms with van der Waals surface area (Å²) in [6.07, 6.45) is -0.173. The second kappa shape index (κ2) is 10.9. The van der Waals surface area contributed by atoms with E-state index < -0.39 is 41.1 Å². The number of aryl methyl sites for hydroxylation is 1. The zero-order valence-electron chi connectivity index (χ0n) is 23.0. The van der Waals surface area contributed by atoms with Crippen LogP contribution >= 0.6 is 12.2 Å². The fourth-order valence-electron chi connectivity index (χ4n) is 4.51. The van der Waals surface area contributed by atoms with Gasteiger partial charge in [-0.25, -0.2) is 18.2 Å². The second-order valence-electron chi connectivity index (χ2n) is 9.80. The predicted molar refractivity (Wildman–Crippen MR) is 150 cm³/mol. The summed E-state index contributed by atoms with van der Waals surface area (Å²) in [6.45, 7) is 5.83. The molecule has 0 saturated carbocycles. The monoisotopic (exact) mass is 584 g/mol. The first-order chi connectivity index (χ1) is 19.3. The molecular weight excluding hydrogens is 557 g/mol. The molecule has 1 N–H and O–H groups in total. The minimum atomic E-state index is -3.31. The van der Waals surface area contributed by atoms with Crippen molar-refractivity contribution in [2.45, 2.75) is 52.0 Å². The van der Waals surface area contributed by atoms with E-state index >= 15 is 4.39 Å². The van der Waals surface area contributed by atoms with Gasteiger partial charge in [-0.1, -0.05) is 13.8 Å². The number of alkyl halides is 2. The van der Waals surface area contributed by atoms with Gasteiger partial charge in [-0.2, -0.15) is 10.2 Å². The third kappa shape index (κ3) is 5.15. The van der Waals surface area contributed by atoms with Gasteiger partial charge in [0.1, 0.15) is 16.9 Å². The third-order valence-electron chi connectivity index (χ3n) is 6.83. The summed E-state index contributed by atoms with van der Waals surface area (Å²) in [4.78, 5) is 36.6. The van der Waals surface area contributed by atoms with Crippen molar-refractivity contribution < 1.29 is 27.5 Å². The van der Waals surface area contributed by atoms with Crippen molar-refractivity contribution in [1.29, 1.82) is 5.26 Å². The SMILES string of the molecule is CCc1nc(OCC(=O)NC)c2cc(N3C(=S)N(c4ccc(C#N)c(C(F)(F)CC)c4)C(=O)C3(C)C)cc(F)c2n1. The molecule has 1 aromatic heterocycles. The predicted octanol–water partition coefficient (Wildman–Crippen LogP) is 4.75. The van der Waals surface area contributed by atoms with Gasteiger partial charge in [0.2, 0.25) is 5.88 Å². The minimum absolute atomic E-state index is 0.0270. The number of hydrogen-bond acceptors (Lipinski definition) is 7. The van der Waals surface area contributed by atoms with Gasteiger partial charge in [-0.3, -0.25) is 14.5 Å². The van der Waals surface area contributed by atoms with E-state index in [1.165, 1.54) is 37.1 Å². The molecule has 2 aromatic carbocycles. The lowest BCUT2D eigenvalue weighted by molar-refractivity contribution is -0.122. The number of nitrogens with zero attached hydrogens (tertiary/aromatic N) is 5. The number of rotatable bonds is 8. The molecule has 1 aliphatic rings. The van der Waals surface area contributed by atoms with Crippen molar-refractivity contribution in [3.63, 3.8) is 0 Å². The maximum atomic E-state index is 15.6. The highest BCUT2D eigenvalue weighted by atomic mass is 32.1. The Morgan fingerprint density at radius 1 is 1.20 bits per heavy atom. The van der Waals surface area contributed by atoms with Gasteiger partial charge in [0.25, 0.3) is 17.7 Å². The number of carbonyl (C=O) groups is 2. The molecule has 0 atom stereocenters. The normalized spacial score (nSPS) is 14.9. The summed E-state index contributed by atoms with van der Waals surface area (Å²) in [5.74, 6) is -4.76. The smallest absolute Gasteiger partial charge is 0.274 e. The zero-order valence-corrected chi connectivity index (χ0v) is 23.8. The molecular formula is C28H27F3N6O3S. The van der Waals surface area contributed by atoms with Crippen LogP contribution in [0.15, 0.2) is 30.3 Å². The minimum Gasteiger partial charge on any atom is -0.467 e. The molecule has 3 aromatic rings. The molecule has 4 rings (SSSR count). The molecule has 2 heterocycles. The van der Waals surface area contributed by atoms with E-state index in [1.54, 1.807) is 26.8 Å². The molecule has 0 spiro atoms. The van der Waals surface area contributed by atoms with Gasteiger partial charge in [-0.05, 0) is 56.4 Å². The van der Waals surface area contributed by atoms with E-state index in [4.69, 9.17) is 17.0 Å². The van der Waals surface area contributed by atoms with E-state index in [0.29, 0.717) is 12.2 Å². The van der Waals surface area contributed by atoms with Crippen LogP contribution in [0.3, 0.4) is 0 Å². The number of nitrogens with one attached hydrogen (secondary N) is 1. The highest BCUT2D eigenvalue weighted by Crippen LogP contribution is 2.41. The summed E-state index contributed by atoms with van der Waals surface area (Å²) < 4.78 is 50.6. The van der Waals surface area contributed by atoms with E-state index in [1.807, 2.05) is 0 Å². The Morgan fingerprint density at radius 3 is 2.51 bits per heavy atom. The number of likely N-dealkylation sites (N-methyl/N-ethyl adjacent to an activating group) is 1. The highest BCUT2D eigenvalue weighted by Gasteiger charge is 2.51. The standard InChI is InChI=1S/C28H27F3N6O3S/c1-6-21-34-23-18(24(35-21)40-14-22(38)33-5)10-17(12-20(23)29)37-26(41)36(25(39)27(37,3)4)16-9-8-15(13-32)19(11-16)28(30,31)7-2/h8-12H,6-7,14H2,1-5H3,(H,33,38). The Morgan fingerprint density at radius 2 is 1.90 bits per heavy atom. The maximum absolute atomic E-state index is 15.6. The van der Waals surface area contributed by atoms with Crippen LogP contribution in [0.25, 0.3) is 10.9 Å². The molecule has 214 valence electrons. The number of benzene rings is 2. The van der Waals surface area contributed by atoms with E-state index in [-0.39, 0.29) is 45.4 Å². The zero-order chi connectivity index (χ0) is 30.3. The van der Waals surface area contributed by atoms with Crippen LogP contribution in [0.5, 0.6) is 5.88 Å². The van der Waals surface area contributed by atoms with Gasteiger partial charge in [0, 0.05) is 31.1 Å². The number of anilines is 2. The number of fused-ring (bicyclic) bond motifs is 1. The van der Waals surface area contributed by atoms with Crippen LogP contribution in [0.1, 0.15) is 51.1 Å². The summed E-state index contributed by atoms with van der Waals surface area (Å²) in [7, 11) is 1.44. The largest absolute Gasteiger partial charge is 0.467 e. The number of thiocarbonyl (C=S) groups is 1. The molecule has 1 saturated heterocycles. The van der Waals surface area contributed by atoms with Crippen molar-refractivity contribution in [3.05, 3.63) is 53.1 Å². The first kappa shape index (κ1) is 29.7. The number of carbonyl (C=O) groups excluding carboxylic acids is 2. The van der Waals surface area contributed by atoms with Crippen LogP contribution < -0.4 is 19.9 Å². The fraction of sp³-hybridized carbons (Fsp3) is 0.357. The highest BCUT2D eigenvalue weighted by molar-refractivity contribution is 7.81. The fourth-order valence-corrected chi connectivity index (χ4v) is 5.04. The van der Waals surface area contributed by atoms with Crippen molar-refractivity contribution in [2.75, 3.05) is 23.5 Å². The van der Waals surface area contributed by atoms with Gasteiger partial charge in [0.15, 0.2) is 17.5 Å². The van der Waals surface area contributed by atoms with Crippen LogP contribution in [-0.4, -0.2) is 46.1 Å². The Hall–Kier alpha value is -4.31. The molecule has 2 amide bonds. The molecule has 13 heteroatoms. The maximum Gasteiger partial charge on any atom is 0.274 e. The molecule has 41 heavy (non-hydrogen) atoms. The summed E-state index contributed by atoms with van der Waals surface area (Å²) in [6, 6.07) is 8.09. The van der Waals surface area contributed by atoms with Crippen LogP contribution in [0.4, 0.5) is 24.5 Å². The lowest BCUT2D eigenvalue weighted by Gasteiger charge is -2.29. The second-order valence-corrected chi connectivity index (χ2v) is 10.2. The number of halogens is 3. The number of aromatic nitrogens is 2. The van der Waals surface area contributed by atoms with Crippen LogP contribution in [-0.2, 0) is 21.9 Å². The van der Waals surface area contributed by atoms with Crippen molar-refractivity contribution >= 4 is 51.4 Å². The Balaban J connectivity index is 1.85. The molecule has 0 radical (unpaired) electrons. The Labute approximate surface area is 239 Å². The number of ether oxygens (including phenoxy) is 1. The Kier molecular flexibility index (Phi) is 7.91. The van der Waals surface area contributed by atoms with Gasteiger partial charge < -0.3 is 15.0 Å². The van der Waals surface area contributed by atoms with Gasteiger partial charge in [0.05, 0.1) is 22.7 Å². The van der Waals surface area contributed by atoms with E-state index in [9.17, 15) is 23.6 Å². The molecule has 0 unspecified atom stereocenters. The first-order valence-electron chi connectivity index (χ1n) is 12.7. The number of nitriles is 1. The molecule has 9 nitrogen and oxygen atoms in total. The van der Waals surface area contributed by atoms with Crippen LogP contribution in [0.2, 0.25) is 0 Å². The van der Waals surface area contributed by atoms with E-state index in [2.05, 4.69) is 15.3 Å². The molecule has 0 aliphatic carbocycles. The van der Waals surface area contributed by atoms with Crippen molar-refractivity contribution in [2.24, 2.45) is 0 Å². The molecule has 0 bridgehead atoms. The average Bonchev–Trinajstić information content (AvgIpc) is 3.13. The topological polar surface area (TPSA) is 111 Å².